The molecule has 3 N–H and O–H groups in total. The predicted octanol–water partition coefficient (Wildman–Crippen LogP) is 1.68. The van der Waals surface area contributed by atoms with Crippen molar-refractivity contribution in [2.24, 2.45) is 0 Å². The predicted molar refractivity (Wildman–Crippen MR) is 103 cm³/mol. The maximum Gasteiger partial charge on any atom is 0.0890 e. The van der Waals surface area contributed by atoms with Gasteiger partial charge >= 0.3 is 0 Å². The van der Waals surface area contributed by atoms with E-state index in [1.54, 1.807) is 12.4 Å². The van der Waals surface area contributed by atoms with Crippen molar-refractivity contribution in [3.05, 3.63) is 58.2 Å². The third-order valence-electron chi connectivity index (χ3n) is 4.47. The molecule has 4 rings (SSSR count). The molecule has 7 heteroatoms. The van der Waals surface area contributed by atoms with Gasteiger partial charge in [-0.05, 0) is 17.7 Å². The van der Waals surface area contributed by atoms with Gasteiger partial charge in [0.05, 0.1) is 22.4 Å². The SMILES string of the molecule is BrC1=C(N2CCNCC2)C(NCc2ccc3nccnc3c2)=CNC1. The standard InChI is InChI=1S/C18H21BrN6/c19-14-11-21-12-17(18(14)25-7-5-20-6-8-25)24-10-13-1-2-15-16(9-13)23-4-3-22-15/h1-4,9,12,20-21,24H,5-8,10-11H2. The molecule has 3 heterocycles. The van der Waals surface area contributed by atoms with E-state index in [1.807, 2.05) is 6.07 Å². The monoisotopic (exact) mass is 400 g/mol. The van der Waals surface area contributed by atoms with Gasteiger partial charge in [-0.3, -0.25) is 9.97 Å². The Morgan fingerprint density at radius 3 is 2.76 bits per heavy atom. The molecular formula is C18H21BrN6. The molecule has 2 aliphatic heterocycles. The van der Waals surface area contributed by atoms with E-state index in [0.717, 1.165) is 56.0 Å². The van der Waals surface area contributed by atoms with E-state index >= 15 is 0 Å². The zero-order valence-electron chi connectivity index (χ0n) is 13.9. The summed E-state index contributed by atoms with van der Waals surface area (Å²) in [6.45, 7) is 5.66. The van der Waals surface area contributed by atoms with Gasteiger partial charge in [-0.15, -0.1) is 0 Å². The maximum absolute atomic E-state index is 4.39. The second-order valence-corrected chi connectivity index (χ2v) is 7.12. The molecule has 0 aliphatic carbocycles. The van der Waals surface area contributed by atoms with Crippen molar-refractivity contribution in [1.82, 2.24) is 30.8 Å². The molecule has 1 fully saturated rings. The lowest BCUT2D eigenvalue weighted by atomic mass is 10.1. The van der Waals surface area contributed by atoms with Crippen molar-refractivity contribution >= 4 is 27.0 Å². The highest BCUT2D eigenvalue weighted by atomic mass is 79.9. The Hall–Kier alpha value is -2.12. The topological polar surface area (TPSA) is 65.1 Å². The lowest BCUT2D eigenvalue weighted by molar-refractivity contribution is 0.298. The Bertz CT molecular complexity index is 825. The van der Waals surface area contributed by atoms with Crippen LogP contribution in [0.3, 0.4) is 0 Å². The summed E-state index contributed by atoms with van der Waals surface area (Å²) in [5, 5.41) is 10.3. The number of dihydropyridines is 1. The summed E-state index contributed by atoms with van der Waals surface area (Å²) < 4.78 is 1.20. The minimum Gasteiger partial charge on any atom is -0.384 e. The van der Waals surface area contributed by atoms with Gasteiger partial charge in [0, 0.05) is 62.3 Å². The molecule has 0 amide bonds. The van der Waals surface area contributed by atoms with Crippen LogP contribution in [0.5, 0.6) is 0 Å². The van der Waals surface area contributed by atoms with Gasteiger partial charge < -0.3 is 20.9 Å². The minimum atomic E-state index is 0.746. The number of hydrogen-bond donors (Lipinski definition) is 3. The first-order valence-electron chi connectivity index (χ1n) is 8.53. The van der Waals surface area contributed by atoms with Crippen molar-refractivity contribution in [1.29, 1.82) is 0 Å². The van der Waals surface area contributed by atoms with Gasteiger partial charge in [-0.25, -0.2) is 0 Å². The van der Waals surface area contributed by atoms with Crippen LogP contribution in [0.15, 0.2) is 52.7 Å². The van der Waals surface area contributed by atoms with Crippen molar-refractivity contribution < 1.29 is 0 Å². The van der Waals surface area contributed by atoms with Crippen LogP contribution in [0.4, 0.5) is 0 Å². The number of fused-ring (bicyclic) bond motifs is 1. The van der Waals surface area contributed by atoms with E-state index in [2.05, 4.69) is 65.1 Å². The van der Waals surface area contributed by atoms with E-state index in [4.69, 9.17) is 0 Å². The summed E-state index contributed by atoms with van der Waals surface area (Å²) in [5.41, 5.74) is 5.43. The summed E-state index contributed by atoms with van der Waals surface area (Å²) in [6.07, 6.45) is 5.53. The number of piperazine rings is 1. The number of benzene rings is 1. The molecule has 0 spiro atoms. The fraction of sp³-hybridized carbons (Fsp3) is 0.333. The summed E-state index contributed by atoms with van der Waals surface area (Å²) in [6, 6.07) is 6.22. The first-order chi connectivity index (χ1) is 12.3. The molecule has 0 bridgehead atoms. The van der Waals surface area contributed by atoms with E-state index in [0.29, 0.717) is 0 Å². The highest BCUT2D eigenvalue weighted by Gasteiger charge is 2.22. The first-order valence-corrected chi connectivity index (χ1v) is 9.32. The van der Waals surface area contributed by atoms with Crippen molar-refractivity contribution in [3.8, 4) is 0 Å². The second-order valence-electron chi connectivity index (χ2n) is 6.16. The van der Waals surface area contributed by atoms with Crippen LogP contribution < -0.4 is 16.0 Å². The number of aromatic nitrogens is 2. The quantitative estimate of drug-likeness (QED) is 0.725. The van der Waals surface area contributed by atoms with Gasteiger partial charge in [0.25, 0.3) is 0 Å². The van der Waals surface area contributed by atoms with Crippen LogP contribution in [-0.2, 0) is 6.54 Å². The number of rotatable bonds is 4. The summed E-state index contributed by atoms with van der Waals surface area (Å²) in [4.78, 5) is 11.1. The van der Waals surface area contributed by atoms with Crippen molar-refractivity contribution in [3.63, 3.8) is 0 Å². The summed E-state index contributed by atoms with van der Waals surface area (Å²) >= 11 is 3.75. The number of hydrogen-bond acceptors (Lipinski definition) is 6. The van der Waals surface area contributed by atoms with Gasteiger partial charge in [-0.2, -0.15) is 0 Å². The molecule has 0 radical (unpaired) electrons. The zero-order chi connectivity index (χ0) is 17.1. The minimum absolute atomic E-state index is 0.746. The third kappa shape index (κ3) is 3.62. The molecular weight excluding hydrogens is 380 g/mol. The third-order valence-corrected chi connectivity index (χ3v) is 5.12. The van der Waals surface area contributed by atoms with Crippen LogP contribution in [-0.4, -0.2) is 47.6 Å². The molecule has 130 valence electrons. The van der Waals surface area contributed by atoms with E-state index < -0.39 is 0 Å². The molecule has 25 heavy (non-hydrogen) atoms. The molecule has 1 aromatic carbocycles. The van der Waals surface area contributed by atoms with Gasteiger partial charge in [0.15, 0.2) is 0 Å². The molecule has 0 atom stereocenters. The Morgan fingerprint density at radius 2 is 1.92 bits per heavy atom. The zero-order valence-corrected chi connectivity index (χ0v) is 15.5. The van der Waals surface area contributed by atoms with Crippen LogP contribution in [0, 0.1) is 0 Å². The number of halogens is 1. The molecule has 2 aromatic rings. The Labute approximate surface area is 155 Å². The average Bonchev–Trinajstić information content (AvgIpc) is 2.67. The molecule has 2 aliphatic rings. The van der Waals surface area contributed by atoms with Gasteiger partial charge in [-0.1, -0.05) is 22.0 Å². The molecule has 0 saturated carbocycles. The Kier molecular flexibility index (Phi) is 4.85. The fourth-order valence-corrected chi connectivity index (χ4v) is 3.85. The summed E-state index contributed by atoms with van der Waals surface area (Å²) in [7, 11) is 0. The maximum atomic E-state index is 4.39. The Balaban J connectivity index is 1.50. The second kappa shape index (κ2) is 7.41. The highest BCUT2D eigenvalue weighted by molar-refractivity contribution is 9.11. The van der Waals surface area contributed by atoms with E-state index in [9.17, 15) is 0 Å². The number of nitrogens with zero attached hydrogens (tertiary/aromatic N) is 3. The van der Waals surface area contributed by atoms with Gasteiger partial charge in [0.2, 0.25) is 0 Å². The lowest BCUT2D eigenvalue weighted by Crippen LogP contribution is -2.45. The number of nitrogens with one attached hydrogen (secondary N) is 3. The van der Waals surface area contributed by atoms with Crippen LogP contribution in [0.1, 0.15) is 5.56 Å². The van der Waals surface area contributed by atoms with Crippen LogP contribution >= 0.6 is 15.9 Å². The first kappa shape index (κ1) is 16.4. The molecule has 0 unspecified atom stereocenters. The highest BCUT2D eigenvalue weighted by Crippen LogP contribution is 2.25. The van der Waals surface area contributed by atoms with E-state index in [-0.39, 0.29) is 0 Å². The Morgan fingerprint density at radius 1 is 1.12 bits per heavy atom. The fourth-order valence-electron chi connectivity index (χ4n) is 3.22. The van der Waals surface area contributed by atoms with Gasteiger partial charge in [0.1, 0.15) is 0 Å². The van der Waals surface area contributed by atoms with Crippen LogP contribution in [0.25, 0.3) is 11.0 Å². The van der Waals surface area contributed by atoms with Crippen molar-refractivity contribution in [2.45, 2.75) is 6.54 Å². The average molecular weight is 401 g/mol. The smallest absolute Gasteiger partial charge is 0.0890 e. The van der Waals surface area contributed by atoms with Crippen LogP contribution in [0.2, 0.25) is 0 Å². The summed E-state index contributed by atoms with van der Waals surface area (Å²) in [5.74, 6) is 0. The normalized spacial score (nSPS) is 18.1. The molecule has 1 saturated heterocycles. The largest absolute Gasteiger partial charge is 0.384 e. The van der Waals surface area contributed by atoms with E-state index in [1.165, 1.54) is 15.7 Å². The van der Waals surface area contributed by atoms with Crippen molar-refractivity contribution in [2.75, 3.05) is 32.7 Å². The molecule has 1 aromatic heterocycles. The molecule has 6 nitrogen and oxygen atoms in total. The lowest BCUT2D eigenvalue weighted by Gasteiger charge is -2.35.